The molecule has 0 radical (unpaired) electrons. The van der Waals surface area contributed by atoms with Crippen LogP contribution in [0.2, 0.25) is 0 Å². The van der Waals surface area contributed by atoms with Gasteiger partial charge in [0, 0.05) is 17.8 Å². The van der Waals surface area contributed by atoms with E-state index in [9.17, 15) is 17.6 Å². The SMILES string of the molecule is COC1CCCC1NC(=O)c1cc(S(=O)(=O)Cl)ccc1F. The average Bonchev–Trinajstić information content (AvgIpc) is 2.84. The van der Waals surface area contributed by atoms with Gasteiger partial charge in [-0.1, -0.05) is 0 Å². The number of carbonyl (C=O) groups is 1. The highest BCUT2D eigenvalue weighted by molar-refractivity contribution is 8.13. The van der Waals surface area contributed by atoms with Gasteiger partial charge in [0.1, 0.15) is 5.82 Å². The molecule has 5 nitrogen and oxygen atoms in total. The largest absolute Gasteiger partial charge is 0.379 e. The lowest BCUT2D eigenvalue weighted by Crippen LogP contribution is -2.41. The fraction of sp³-hybridized carbons (Fsp3) is 0.462. The molecule has 1 aliphatic rings. The molecule has 0 spiro atoms. The highest BCUT2D eigenvalue weighted by atomic mass is 35.7. The van der Waals surface area contributed by atoms with E-state index in [1.54, 1.807) is 7.11 Å². The molecular formula is C13H15ClFNO4S. The summed E-state index contributed by atoms with van der Waals surface area (Å²) >= 11 is 0. The average molecular weight is 336 g/mol. The first kappa shape index (κ1) is 16.2. The number of benzene rings is 1. The molecule has 1 aliphatic carbocycles. The molecule has 0 bridgehead atoms. The van der Waals surface area contributed by atoms with E-state index in [0.29, 0.717) is 0 Å². The van der Waals surface area contributed by atoms with Gasteiger partial charge in [-0.05, 0) is 37.5 Å². The molecule has 2 unspecified atom stereocenters. The quantitative estimate of drug-likeness (QED) is 0.855. The van der Waals surface area contributed by atoms with Crippen LogP contribution >= 0.6 is 10.7 Å². The van der Waals surface area contributed by atoms with Crippen molar-refractivity contribution in [3.05, 3.63) is 29.6 Å². The molecule has 1 N–H and O–H groups in total. The second-order valence-corrected chi connectivity index (χ2v) is 7.43. The zero-order valence-corrected chi connectivity index (χ0v) is 12.9. The Labute approximate surface area is 126 Å². The minimum Gasteiger partial charge on any atom is -0.379 e. The smallest absolute Gasteiger partial charge is 0.261 e. The van der Waals surface area contributed by atoms with Gasteiger partial charge in [-0.25, -0.2) is 12.8 Å². The maximum atomic E-state index is 13.7. The maximum Gasteiger partial charge on any atom is 0.261 e. The van der Waals surface area contributed by atoms with Crippen molar-refractivity contribution >= 4 is 25.6 Å². The third kappa shape index (κ3) is 3.72. The Balaban J connectivity index is 2.23. The molecule has 2 rings (SSSR count). The van der Waals surface area contributed by atoms with E-state index < -0.39 is 20.8 Å². The topological polar surface area (TPSA) is 72.5 Å². The first-order chi connectivity index (χ1) is 9.82. The molecule has 116 valence electrons. The lowest BCUT2D eigenvalue weighted by molar-refractivity contribution is 0.0719. The molecule has 2 atom stereocenters. The first-order valence-electron chi connectivity index (χ1n) is 6.41. The van der Waals surface area contributed by atoms with Gasteiger partial charge < -0.3 is 10.1 Å². The number of methoxy groups -OCH3 is 1. The van der Waals surface area contributed by atoms with Gasteiger partial charge in [-0.2, -0.15) is 0 Å². The van der Waals surface area contributed by atoms with E-state index in [-0.39, 0.29) is 22.6 Å². The summed E-state index contributed by atoms with van der Waals surface area (Å²) in [4.78, 5) is 11.8. The standard InChI is InChI=1S/C13H15ClFNO4S/c1-20-12-4-2-3-11(12)16-13(17)9-7-8(21(14,18)19)5-6-10(9)15/h5-7,11-12H,2-4H2,1H3,(H,16,17). The van der Waals surface area contributed by atoms with E-state index >= 15 is 0 Å². The number of halogens is 2. The molecule has 0 aliphatic heterocycles. The van der Waals surface area contributed by atoms with Gasteiger partial charge in [-0.3, -0.25) is 4.79 Å². The molecule has 1 fully saturated rings. The van der Waals surface area contributed by atoms with E-state index in [4.69, 9.17) is 15.4 Å². The van der Waals surface area contributed by atoms with Crippen LogP contribution in [0.1, 0.15) is 29.6 Å². The van der Waals surface area contributed by atoms with Crippen LogP contribution < -0.4 is 5.32 Å². The summed E-state index contributed by atoms with van der Waals surface area (Å²) in [5, 5.41) is 2.67. The Bertz CT molecular complexity index is 650. The van der Waals surface area contributed by atoms with E-state index in [1.165, 1.54) is 0 Å². The predicted molar refractivity (Wildman–Crippen MR) is 75.3 cm³/mol. The molecule has 0 heterocycles. The lowest BCUT2D eigenvalue weighted by Gasteiger charge is -2.19. The fourth-order valence-corrected chi connectivity index (χ4v) is 3.23. The minimum absolute atomic E-state index is 0.114. The number of amides is 1. The molecule has 1 saturated carbocycles. The van der Waals surface area contributed by atoms with Crippen LogP contribution in [0.5, 0.6) is 0 Å². The van der Waals surface area contributed by atoms with Crippen molar-refractivity contribution in [2.75, 3.05) is 7.11 Å². The van der Waals surface area contributed by atoms with Crippen molar-refractivity contribution in [3.8, 4) is 0 Å². The van der Waals surface area contributed by atoms with Crippen molar-refractivity contribution in [2.24, 2.45) is 0 Å². The van der Waals surface area contributed by atoms with Crippen LogP contribution in [0, 0.1) is 5.82 Å². The van der Waals surface area contributed by atoms with Crippen LogP contribution in [0.15, 0.2) is 23.1 Å². The number of ether oxygens (including phenoxy) is 1. The van der Waals surface area contributed by atoms with Gasteiger partial charge in [0.15, 0.2) is 0 Å². The van der Waals surface area contributed by atoms with Crippen molar-refractivity contribution in [3.63, 3.8) is 0 Å². The molecule has 8 heteroatoms. The van der Waals surface area contributed by atoms with Gasteiger partial charge >= 0.3 is 0 Å². The molecule has 21 heavy (non-hydrogen) atoms. The highest BCUT2D eigenvalue weighted by Gasteiger charge is 2.29. The zero-order valence-electron chi connectivity index (χ0n) is 11.3. The Kier molecular flexibility index (Phi) is 4.85. The second kappa shape index (κ2) is 6.29. The molecule has 1 amide bonds. The Morgan fingerprint density at radius 1 is 1.43 bits per heavy atom. The zero-order chi connectivity index (χ0) is 15.6. The Morgan fingerprint density at radius 2 is 2.14 bits per heavy atom. The highest BCUT2D eigenvalue weighted by Crippen LogP contribution is 2.23. The van der Waals surface area contributed by atoms with Gasteiger partial charge in [0.2, 0.25) is 0 Å². The van der Waals surface area contributed by atoms with Crippen molar-refractivity contribution in [2.45, 2.75) is 36.3 Å². The number of rotatable bonds is 4. The Morgan fingerprint density at radius 3 is 2.76 bits per heavy atom. The molecule has 0 saturated heterocycles. The monoisotopic (exact) mass is 335 g/mol. The third-order valence-electron chi connectivity index (χ3n) is 3.54. The summed E-state index contributed by atoms with van der Waals surface area (Å²) in [7, 11) is 2.74. The summed E-state index contributed by atoms with van der Waals surface area (Å²) in [5.41, 5.74) is -0.349. The van der Waals surface area contributed by atoms with Gasteiger partial charge in [-0.15, -0.1) is 0 Å². The lowest BCUT2D eigenvalue weighted by atomic mass is 10.1. The summed E-state index contributed by atoms with van der Waals surface area (Å²) in [6.07, 6.45) is 2.35. The molecule has 1 aromatic rings. The van der Waals surface area contributed by atoms with Crippen LogP contribution in [0.25, 0.3) is 0 Å². The summed E-state index contributed by atoms with van der Waals surface area (Å²) in [5.74, 6) is -1.48. The summed E-state index contributed by atoms with van der Waals surface area (Å²) < 4.78 is 41.5. The van der Waals surface area contributed by atoms with E-state index in [0.717, 1.165) is 37.5 Å². The number of hydrogen-bond donors (Lipinski definition) is 1. The third-order valence-corrected chi connectivity index (χ3v) is 4.89. The molecular weight excluding hydrogens is 321 g/mol. The van der Waals surface area contributed by atoms with E-state index in [1.807, 2.05) is 0 Å². The van der Waals surface area contributed by atoms with Gasteiger partial charge in [0.25, 0.3) is 15.0 Å². The van der Waals surface area contributed by atoms with E-state index in [2.05, 4.69) is 5.32 Å². The van der Waals surface area contributed by atoms with Crippen LogP contribution in [0.3, 0.4) is 0 Å². The predicted octanol–water partition coefficient (Wildman–Crippen LogP) is 2.05. The van der Waals surface area contributed by atoms with Gasteiger partial charge in [0.05, 0.1) is 22.6 Å². The fourth-order valence-electron chi connectivity index (χ4n) is 2.45. The first-order valence-corrected chi connectivity index (χ1v) is 8.71. The second-order valence-electron chi connectivity index (χ2n) is 4.86. The Hall–Kier alpha value is -1.18. The number of nitrogens with one attached hydrogen (secondary N) is 1. The number of hydrogen-bond acceptors (Lipinski definition) is 4. The molecule has 0 aromatic heterocycles. The summed E-state index contributed by atoms with van der Waals surface area (Å²) in [6, 6.07) is 2.65. The van der Waals surface area contributed by atoms with Crippen LogP contribution in [-0.2, 0) is 13.8 Å². The van der Waals surface area contributed by atoms with Crippen LogP contribution in [0.4, 0.5) is 4.39 Å². The summed E-state index contributed by atoms with van der Waals surface area (Å²) in [6.45, 7) is 0. The number of carbonyl (C=O) groups excluding carboxylic acids is 1. The molecule has 1 aromatic carbocycles. The maximum absolute atomic E-state index is 13.7. The van der Waals surface area contributed by atoms with Crippen LogP contribution in [-0.4, -0.2) is 33.6 Å². The van der Waals surface area contributed by atoms with Crippen molar-refractivity contribution in [1.82, 2.24) is 5.32 Å². The normalized spacial score (nSPS) is 22.2. The minimum atomic E-state index is -4.02. The van der Waals surface area contributed by atoms with Crippen molar-refractivity contribution < 1.29 is 22.3 Å². The van der Waals surface area contributed by atoms with Crippen molar-refractivity contribution in [1.29, 1.82) is 0 Å².